The lowest BCUT2D eigenvalue weighted by molar-refractivity contribution is 0.574. The Labute approximate surface area is 214 Å². The molecule has 186 valence electrons. The van der Waals surface area contributed by atoms with E-state index in [2.05, 4.69) is 35.6 Å². The van der Waals surface area contributed by atoms with Crippen molar-refractivity contribution >= 4 is 28.8 Å². The van der Waals surface area contributed by atoms with Gasteiger partial charge in [0.1, 0.15) is 18.2 Å². The fourth-order valence-corrected chi connectivity index (χ4v) is 4.62. The second-order valence-electron chi connectivity index (χ2n) is 9.09. The van der Waals surface area contributed by atoms with Gasteiger partial charge in [0.05, 0.1) is 11.4 Å². The summed E-state index contributed by atoms with van der Waals surface area (Å²) < 4.78 is 14.5. The Bertz CT molecular complexity index is 1400. The van der Waals surface area contributed by atoms with Gasteiger partial charge in [0.15, 0.2) is 5.84 Å². The number of nitrogens with one attached hydrogen (secondary N) is 2. The summed E-state index contributed by atoms with van der Waals surface area (Å²) in [7, 11) is 0. The molecule has 0 bridgehead atoms. The third-order valence-corrected chi connectivity index (χ3v) is 6.51. The van der Waals surface area contributed by atoms with E-state index in [1.807, 2.05) is 53.5 Å². The van der Waals surface area contributed by atoms with E-state index in [1.54, 1.807) is 24.5 Å². The van der Waals surface area contributed by atoms with Gasteiger partial charge >= 0.3 is 0 Å². The van der Waals surface area contributed by atoms with Crippen LogP contribution in [0.4, 0.5) is 27.4 Å². The quantitative estimate of drug-likeness (QED) is 0.384. The highest BCUT2D eigenvalue weighted by Crippen LogP contribution is 2.28. The van der Waals surface area contributed by atoms with Crippen LogP contribution in [0.3, 0.4) is 0 Å². The van der Waals surface area contributed by atoms with E-state index in [4.69, 9.17) is 0 Å². The van der Waals surface area contributed by atoms with Crippen LogP contribution in [-0.2, 0) is 0 Å². The van der Waals surface area contributed by atoms with Gasteiger partial charge in [-0.05, 0) is 79.9 Å². The number of nitrogens with zero attached hydrogens (tertiary/aromatic N) is 6. The molecule has 0 spiro atoms. The van der Waals surface area contributed by atoms with Gasteiger partial charge in [-0.25, -0.2) is 19.4 Å². The Morgan fingerprint density at radius 1 is 0.811 bits per heavy atom. The predicted molar refractivity (Wildman–Crippen MR) is 144 cm³/mol. The molecule has 4 aromatic rings. The number of benzene rings is 2. The van der Waals surface area contributed by atoms with Crippen molar-refractivity contribution in [3.8, 4) is 11.3 Å². The molecule has 0 aliphatic carbocycles. The van der Waals surface area contributed by atoms with Crippen LogP contribution >= 0.6 is 0 Å². The number of amidine groups is 1. The zero-order valence-corrected chi connectivity index (χ0v) is 20.3. The smallest absolute Gasteiger partial charge is 0.227 e. The molecule has 0 amide bonds. The van der Waals surface area contributed by atoms with Crippen LogP contribution in [0.2, 0.25) is 0 Å². The van der Waals surface area contributed by atoms with E-state index < -0.39 is 0 Å². The molecule has 2 aromatic heterocycles. The Hall–Kier alpha value is -4.53. The minimum Gasteiger partial charge on any atom is -0.371 e. The SMILES string of the molecule is Fc1cc(-c2ccnc(Nc3ccc(N4CN=C(c5ccccn5)N4)cc3)n2)cc(N2CCCCC2)c1. The van der Waals surface area contributed by atoms with Gasteiger partial charge in [-0.3, -0.25) is 15.4 Å². The number of hydrogen-bond acceptors (Lipinski definition) is 8. The van der Waals surface area contributed by atoms with Gasteiger partial charge in [-0.1, -0.05) is 6.07 Å². The molecule has 1 fully saturated rings. The first kappa shape index (κ1) is 22.9. The molecule has 2 aromatic carbocycles. The topological polar surface area (TPSA) is 81.6 Å². The fraction of sp³-hybridized carbons (Fsp3) is 0.214. The molecular formula is C28H27FN8. The van der Waals surface area contributed by atoms with Crippen molar-refractivity contribution in [3.63, 3.8) is 0 Å². The van der Waals surface area contributed by atoms with E-state index in [9.17, 15) is 4.39 Å². The number of halogens is 1. The van der Waals surface area contributed by atoms with Gasteiger partial charge < -0.3 is 10.2 Å². The molecule has 2 aliphatic rings. The van der Waals surface area contributed by atoms with Crippen molar-refractivity contribution in [1.82, 2.24) is 20.4 Å². The third kappa shape index (κ3) is 5.20. The van der Waals surface area contributed by atoms with Crippen LogP contribution in [0.25, 0.3) is 11.3 Å². The minimum atomic E-state index is -0.257. The molecular weight excluding hydrogens is 467 g/mol. The van der Waals surface area contributed by atoms with Crippen LogP contribution in [0, 0.1) is 5.82 Å². The molecule has 6 rings (SSSR count). The lowest BCUT2D eigenvalue weighted by atomic mass is 10.1. The van der Waals surface area contributed by atoms with Gasteiger partial charge in [-0.15, -0.1) is 0 Å². The van der Waals surface area contributed by atoms with E-state index >= 15 is 0 Å². The lowest BCUT2D eigenvalue weighted by Crippen LogP contribution is -2.36. The number of aliphatic imine (C=N–C) groups is 1. The maximum Gasteiger partial charge on any atom is 0.227 e. The first-order valence-electron chi connectivity index (χ1n) is 12.5. The maximum atomic E-state index is 14.5. The van der Waals surface area contributed by atoms with Crippen molar-refractivity contribution in [2.45, 2.75) is 19.3 Å². The predicted octanol–water partition coefficient (Wildman–Crippen LogP) is 5.14. The van der Waals surface area contributed by atoms with Gasteiger partial charge in [0.2, 0.25) is 5.95 Å². The summed E-state index contributed by atoms with van der Waals surface area (Å²) in [5.74, 6) is 0.940. The highest BCUT2D eigenvalue weighted by molar-refractivity contribution is 5.99. The molecule has 2 aliphatic heterocycles. The zero-order chi connectivity index (χ0) is 25.0. The number of anilines is 4. The molecule has 37 heavy (non-hydrogen) atoms. The molecule has 0 unspecified atom stereocenters. The van der Waals surface area contributed by atoms with Crippen molar-refractivity contribution in [1.29, 1.82) is 0 Å². The van der Waals surface area contributed by atoms with Crippen LogP contribution in [-0.4, -0.2) is 40.5 Å². The van der Waals surface area contributed by atoms with Gasteiger partial charge in [0.25, 0.3) is 0 Å². The number of piperidine rings is 1. The second-order valence-corrected chi connectivity index (χ2v) is 9.09. The Morgan fingerprint density at radius 2 is 1.68 bits per heavy atom. The van der Waals surface area contributed by atoms with Crippen LogP contribution in [0.5, 0.6) is 0 Å². The van der Waals surface area contributed by atoms with Gasteiger partial charge in [0, 0.05) is 42.4 Å². The van der Waals surface area contributed by atoms with Gasteiger partial charge in [-0.2, -0.15) is 0 Å². The summed E-state index contributed by atoms with van der Waals surface area (Å²) in [4.78, 5) is 20.1. The summed E-state index contributed by atoms with van der Waals surface area (Å²) in [5, 5.41) is 5.21. The molecule has 0 radical (unpaired) electrons. The summed E-state index contributed by atoms with van der Waals surface area (Å²) in [6, 6.07) is 20.6. The fourth-order valence-electron chi connectivity index (χ4n) is 4.62. The number of hydrazine groups is 1. The van der Waals surface area contributed by atoms with E-state index in [1.165, 1.54) is 12.5 Å². The molecule has 8 nitrogen and oxygen atoms in total. The van der Waals surface area contributed by atoms with Crippen molar-refractivity contribution in [3.05, 3.63) is 90.6 Å². The highest BCUT2D eigenvalue weighted by Gasteiger charge is 2.18. The summed E-state index contributed by atoms with van der Waals surface area (Å²) in [6.07, 6.45) is 6.95. The van der Waals surface area contributed by atoms with Crippen molar-refractivity contribution in [2.24, 2.45) is 4.99 Å². The standard InChI is InChI=1S/C28H27FN8/c29-21-16-20(17-24(18-21)36-14-4-1-5-15-36)25-11-13-31-28(34-25)33-22-7-9-23(10-8-22)37-19-32-27(35-37)26-6-2-3-12-30-26/h2-3,6-13,16-18H,1,4-5,14-15,19H2,(H,32,35)(H,31,33,34). The summed E-state index contributed by atoms with van der Waals surface area (Å²) >= 11 is 0. The van der Waals surface area contributed by atoms with Crippen LogP contribution in [0.1, 0.15) is 25.0 Å². The van der Waals surface area contributed by atoms with Crippen molar-refractivity contribution in [2.75, 3.05) is 35.0 Å². The highest BCUT2D eigenvalue weighted by atomic mass is 19.1. The maximum absolute atomic E-state index is 14.5. The van der Waals surface area contributed by atoms with Crippen LogP contribution in [0.15, 0.2) is 84.1 Å². The average molecular weight is 495 g/mol. The largest absolute Gasteiger partial charge is 0.371 e. The molecule has 0 atom stereocenters. The Kier molecular flexibility index (Phi) is 6.33. The number of aromatic nitrogens is 3. The Morgan fingerprint density at radius 3 is 2.49 bits per heavy atom. The number of pyridine rings is 1. The van der Waals surface area contributed by atoms with Crippen molar-refractivity contribution < 1.29 is 4.39 Å². The molecule has 9 heteroatoms. The zero-order valence-electron chi connectivity index (χ0n) is 20.3. The summed E-state index contributed by atoms with van der Waals surface area (Å²) in [5.41, 5.74) is 8.24. The summed E-state index contributed by atoms with van der Waals surface area (Å²) in [6.45, 7) is 2.41. The lowest BCUT2D eigenvalue weighted by Gasteiger charge is -2.29. The third-order valence-electron chi connectivity index (χ3n) is 6.51. The second kappa shape index (κ2) is 10.2. The monoisotopic (exact) mass is 494 g/mol. The minimum absolute atomic E-state index is 0.257. The molecule has 1 saturated heterocycles. The normalized spacial score (nSPS) is 15.3. The Balaban J connectivity index is 1.14. The molecule has 2 N–H and O–H groups in total. The first-order valence-corrected chi connectivity index (χ1v) is 12.5. The number of rotatable bonds is 6. The molecule has 4 heterocycles. The average Bonchev–Trinajstić information content (AvgIpc) is 3.45. The van der Waals surface area contributed by atoms with E-state index in [-0.39, 0.29) is 5.82 Å². The van der Waals surface area contributed by atoms with E-state index in [0.717, 1.165) is 60.1 Å². The van der Waals surface area contributed by atoms with E-state index in [0.29, 0.717) is 18.3 Å². The molecule has 0 saturated carbocycles. The van der Waals surface area contributed by atoms with Crippen LogP contribution < -0.4 is 20.7 Å². The number of hydrogen-bond donors (Lipinski definition) is 2. The first-order chi connectivity index (χ1) is 18.2.